The van der Waals surface area contributed by atoms with Gasteiger partial charge in [0.15, 0.2) is 11.2 Å². The van der Waals surface area contributed by atoms with Crippen LogP contribution < -0.4 is 5.32 Å². The third kappa shape index (κ3) is 7.05. The molecule has 0 aromatic heterocycles. The van der Waals surface area contributed by atoms with E-state index in [2.05, 4.69) is 54.9 Å². The second kappa shape index (κ2) is 11.2. The van der Waals surface area contributed by atoms with Gasteiger partial charge in [-0.05, 0) is 65.3 Å². The topological polar surface area (TPSA) is 58.3 Å². The molecule has 182 valence electrons. The molecule has 32 heavy (non-hydrogen) atoms. The van der Waals surface area contributed by atoms with Crippen molar-refractivity contribution in [3.63, 3.8) is 0 Å². The lowest BCUT2D eigenvalue weighted by Gasteiger charge is -2.47. The van der Waals surface area contributed by atoms with Crippen molar-refractivity contribution in [3.05, 3.63) is 28.5 Å². The number of nitrogens with zero attached hydrogens (tertiary/aromatic N) is 2. The molecule has 0 bridgehead atoms. The number of aliphatic hydroxyl groups excluding tert-OH is 1. The summed E-state index contributed by atoms with van der Waals surface area (Å²) in [6.45, 7) is 19.9. The van der Waals surface area contributed by atoms with Crippen LogP contribution in [0.2, 0.25) is 0 Å². The number of hydrogen-bond acceptors (Lipinski definition) is 5. The molecule has 6 nitrogen and oxygen atoms in total. The van der Waals surface area contributed by atoms with Crippen LogP contribution in [0, 0.1) is 11.5 Å². The smallest absolute Gasteiger partial charge is 0.351 e. The predicted octanol–water partition coefficient (Wildman–Crippen LogP) is 4.91. The summed E-state index contributed by atoms with van der Waals surface area (Å²) < 4.78 is 12.6. The number of likely N-dealkylation sites (N-methyl/N-ethyl adjacent to an activating group) is 1. The molecule has 1 saturated heterocycles. The Labute approximate surface area is 195 Å². The van der Waals surface area contributed by atoms with Gasteiger partial charge in [-0.1, -0.05) is 26.0 Å². The van der Waals surface area contributed by atoms with E-state index in [1.54, 1.807) is 0 Å². The molecule has 2 unspecified atom stereocenters. The van der Waals surface area contributed by atoms with Crippen LogP contribution >= 0.6 is 0 Å². The van der Waals surface area contributed by atoms with Crippen molar-refractivity contribution >= 4 is 0 Å². The summed E-state index contributed by atoms with van der Waals surface area (Å²) in [5, 5.41) is 14.8. The molecule has 0 aromatic rings. The van der Waals surface area contributed by atoms with Gasteiger partial charge in [0.2, 0.25) is 0 Å². The Morgan fingerprint density at radius 1 is 1.28 bits per heavy atom. The number of piperidine rings is 1. The van der Waals surface area contributed by atoms with Gasteiger partial charge in [-0.15, -0.1) is 0 Å². The van der Waals surface area contributed by atoms with Gasteiger partial charge in [0.1, 0.15) is 6.23 Å². The average molecular weight is 449 g/mol. The Morgan fingerprint density at radius 2 is 1.94 bits per heavy atom. The number of likely N-dealkylation sites (tertiary alicyclic amines) is 1. The summed E-state index contributed by atoms with van der Waals surface area (Å²) in [5.41, 5.74) is -0.232. The van der Waals surface area contributed by atoms with Crippen molar-refractivity contribution in [1.82, 2.24) is 10.2 Å². The van der Waals surface area contributed by atoms with Crippen LogP contribution in [0.15, 0.2) is 23.6 Å². The van der Waals surface area contributed by atoms with Crippen molar-refractivity contribution < 1.29 is 14.6 Å². The van der Waals surface area contributed by atoms with Crippen LogP contribution in [-0.2, 0) is 9.47 Å². The summed E-state index contributed by atoms with van der Waals surface area (Å²) in [5.74, 6) is 0.863. The largest absolute Gasteiger partial charge is 0.487 e. The highest BCUT2D eigenvalue weighted by Gasteiger charge is 2.45. The van der Waals surface area contributed by atoms with Crippen molar-refractivity contribution in [2.24, 2.45) is 5.41 Å². The third-order valence-electron chi connectivity index (χ3n) is 6.65. The standard InChI is InChI=1S/C26H46N3O3/c1-9-24(6,7)32-26(19-27-10-2)14-16-29(17-15-26)23(30)25(8)13-11-12-22(31-20(3)4)21(5)28-18-25/h11,13,20,23,27,30H,9-10,12,14-17,19H2,1-8H3/q+1. The average Bonchev–Trinajstić information content (AvgIpc) is 2.74. The van der Waals surface area contributed by atoms with Gasteiger partial charge in [0.05, 0.1) is 17.3 Å². The van der Waals surface area contributed by atoms with Gasteiger partial charge in [0, 0.05) is 33.0 Å². The molecular weight excluding hydrogens is 402 g/mol. The van der Waals surface area contributed by atoms with E-state index < -0.39 is 11.6 Å². The van der Waals surface area contributed by atoms with Gasteiger partial charge < -0.3 is 19.9 Å². The first-order chi connectivity index (χ1) is 15.0. The van der Waals surface area contributed by atoms with E-state index in [1.807, 2.05) is 33.8 Å². The van der Waals surface area contributed by atoms with Crippen LogP contribution in [0.25, 0.3) is 4.85 Å². The van der Waals surface area contributed by atoms with Gasteiger partial charge in [-0.3, -0.25) is 4.90 Å². The van der Waals surface area contributed by atoms with E-state index in [0.717, 1.165) is 56.9 Å². The van der Waals surface area contributed by atoms with Gasteiger partial charge in [-0.25, -0.2) is 0 Å². The maximum atomic E-state index is 11.3. The molecule has 0 radical (unpaired) electrons. The van der Waals surface area contributed by atoms with Crippen LogP contribution in [0.5, 0.6) is 0 Å². The molecule has 2 aliphatic heterocycles. The second-order valence-electron chi connectivity index (χ2n) is 10.4. The third-order valence-corrected chi connectivity index (χ3v) is 6.65. The highest BCUT2D eigenvalue weighted by atomic mass is 16.5. The van der Waals surface area contributed by atoms with Gasteiger partial charge in [0.25, 0.3) is 6.07 Å². The van der Waals surface area contributed by atoms with Crippen molar-refractivity contribution in [1.29, 1.82) is 0 Å². The maximum Gasteiger partial charge on any atom is 0.351 e. The molecule has 2 atom stereocenters. The molecule has 6 heteroatoms. The van der Waals surface area contributed by atoms with Crippen molar-refractivity contribution in [3.8, 4) is 6.07 Å². The molecule has 2 aliphatic rings. The van der Waals surface area contributed by atoms with Crippen molar-refractivity contribution in [2.45, 2.75) is 105 Å². The summed E-state index contributed by atoms with van der Waals surface area (Å²) in [4.78, 5) is 6.69. The minimum atomic E-state index is -0.695. The first kappa shape index (κ1) is 26.9. The number of ether oxygens (including phenoxy) is 2. The van der Waals surface area contributed by atoms with Gasteiger partial charge >= 0.3 is 5.70 Å². The number of hydrogen-bond donors (Lipinski definition) is 2. The fourth-order valence-electron chi connectivity index (χ4n) is 4.31. The molecule has 0 aromatic carbocycles. The predicted molar refractivity (Wildman–Crippen MR) is 132 cm³/mol. The van der Waals surface area contributed by atoms with E-state index in [9.17, 15) is 5.11 Å². The highest BCUT2D eigenvalue weighted by Crippen LogP contribution is 2.36. The molecule has 1 fully saturated rings. The minimum Gasteiger partial charge on any atom is -0.487 e. The normalized spacial score (nSPS) is 25.2. The Morgan fingerprint density at radius 3 is 2.50 bits per heavy atom. The fraction of sp³-hybridized carbons (Fsp3) is 0.808. The first-order valence-corrected chi connectivity index (χ1v) is 12.3. The summed E-state index contributed by atoms with van der Waals surface area (Å²) in [6.07, 6.45) is 6.90. The SMILES string of the molecule is CCNCC1(OC(C)(C)CC)CCN(C(O)C2(C)C#[N+]C(C)=C(OC(C)C)CC=C2)CC1. The van der Waals surface area contributed by atoms with Crippen LogP contribution in [-0.4, -0.2) is 59.7 Å². The number of allylic oxidation sites excluding steroid dienone is 2. The monoisotopic (exact) mass is 448 g/mol. The molecule has 2 heterocycles. The Balaban J connectivity index is 2.14. The minimum absolute atomic E-state index is 0.107. The molecule has 2 rings (SSSR count). The second-order valence-corrected chi connectivity index (χ2v) is 10.4. The highest BCUT2D eigenvalue weighted by molar-refractivity contribution is 5.28. The maximum absolute atomic E-state index is 11.3. The van der Waals surface area contributed by atoms with E-state index >= 15 is 0 Å². The molecule has 0 spiro atoms. The lowest BCUT2D eigenvalue weighted by Crippen LogP contribution is -2.58. The number of rotatable bonds is 10. The van der Waals surface area contributed by atoms with Gasteiger partial charge in [-0.2, -0.15) is 0 Å². The van der Waals surface area contributed by atoms with E-state index in [1.165, 1.54) is 0 Å². The summed E-state index contributed by atoms with van der Waals surface area (Å²) in [7, 11) is 0. The van der Waals surface area contributed by atoms with Crippen LogP contribution in [0.3, 0.4) is 0 Å². The molecule has 0 amide bonds. The summed E-state index contributed by atoms with van der Waals surface area (Å²) >= 11 is 0. The van der Waals surface area contributed by atoms with E-state index in [-0.39, 0.29) is 17.3 Å². The van der Waals surface area contributed by atoms with Crippen LogP contribution in [0.1, 0.15) is 81.1 Å². The van der Waals surface area contributed by atoms with Crippen molar-refractivity contribution in [2.75, 3.05) is 26.2 Å². The number of nitrogens with one attached hydrogen (secondary N) is 1. The van der Waals surface area contributed by atoms with E-state index in [4.69, 9.17) is 9.47 Å². The van der Waals surface area contributed by atoms with Crippen LogP contribution in [0.4, 0.5) is 0 Å². The zero-order valence-corrected chi connectivity index (χ0v) is 21.6. The molecule has 2 N–H and O–H groups in total. The molecule has 0 aliphatic carbocycles. The quantitative estimate of drug-likeness (QED) is 0.465. The Kier molecular flexibility index (Phi) is 9.36. The molecular formula is C26H46N3O3+. The zero-order chi connectivity index (χ0) is 24.0. The Bertz CT molecular complexity index is 739. The van der Waals surface area contributed by atoms with E-state index in [0.29, 0.717) is 6.42 Å². The zero-order valence-electron chi connectivity index (χ0n) is 21.6. The Hall–Kier alpha value is -1.39. The summed E-state index contributed by atoms with van der Waals surface area (Å²) in [6, 6.07) is 3.22. The fourth-order valence-corrected chi connectivity index (χ4v) is 4.31. The first-order valence-electron chi connectivity index (χ1n) is 12.3. The number of aliphatic hydroxyl groups is 1. The lowest BCUT2D eigenvalue weighted by molar-refractivity contribution is -0.176. The molecule has 0 saturated carbocycles. The lowest BCUT2D eigenvalue weighted by atomic mass is 9.84.